The van der Waals surface area contributed by atoms with Gasteiger partial charge in [0.15, 0.2) is 0 Å². The topological polar surface area (TPSA) is 13.1 Å². The monoisotopic (exact) mass is 230 g/mol. The van der Waals surface area contributed by atoms with Crippen molar-refractivity contribution in [3.05, 3.63) is 60.9 Å². The predicted octanol–water partition coefficient (Wildman–Crippen LogP) is 4.52. The fourth-order valence-corrected chi connectivity index (χ4v) is 1.81. The van der Waals surface area contributed by atoms with Crippen LogP contribution >= 0.6 is 12.4 Å². The van der Waals surface area contributed by atoms with Gasteiger partial charge < -0.3 is 4.42 Å². The van der Waals surface area contributed by atoms with E-state index in [1.165, 1.54) is 5.39 Å². The van der Waals surface area contributed by atoms with Gasteiger partial charge in [0, 0.05) is 16.3 Å². The van der Waals surface area contributed by atoms with Gasteiger partial charge in [-0.05, 0) is 0 Å². The van der Waals surface area contributed by atoms with Crippen LogP contribution in [0.4, 0.5) is 0 Å². The molecular formula is C14H11ClO. The minimum absolute atomic E-state index is 0. The molecule has 2 heteroatoms. The third kappa shape index (κ3) is 1.70. The molecule has 0 atom stereocenters. The molecule has 0 fully saturated rings. The Balaban J connectivity index is 0.000000963. The average Bonchev–Trinajstić information content (AvgIpc) is 2.74. The van der Waals surface area contributed by atoms with Crippen LogP contribution in [0.3, 0.4) is 0 Å². The van der Waals surface area contributed by atoms with Gasteiger partial charge in [-0.2, -0.15) is 0 Å². The lowest BCUT2D eigenvalue weighted by atomic mass is 10.1. The molecule has 0 spiro atoms. The van der Waals surface area contributed by atoms with E-state index in [1.54, 1.807) is 6.26 Å². The molecule has 0 saturated carbocycles. The summed E-state index contributed by atoms with van der Waals surface area (Å²) in [5, 5.41) is 2.32. The molecule has 0 saturated heterocycles. The van der Waals surface area contributed by atoms with Crippen LogP contribution in [-0.4, -0.2) is 0 Å². The summed E-state index contributed by atoms with van der Waals surface area (Å²) in [5.74, 6) is 0.950. The highest BCUT2D eigenvalue weighted by Gasteiger charge is 2.06. The van der Waals surface area contributed by atoms with Crippen LogP contribution in [0.25, 0.3) is 22.1 Å². The van der Waals surface area contributed by atoms with Crippen LogP contribution in [0.15, 0.2) is 65.3 Å². The maximum absolute atomic E-state index is 5.60. The first-order valence-electron chi connectivity index (χ1n) is 4.97. The zero-order valence-electron chi connectivity index (χ0n) is 8.59. The van der Waals surface area contributed by atoms with Gasteiger partial charge in [-0.25, -0.2) is 0 Å². The quantitative estimate of drug-likeness (QED) is 0.599. The van der Waals surface area contributed by atoms with Crippen molar-refractivity contribution < 1.29 is 4.42 Å². The average molecular weight is 231 g/mol. The van der Waals surface area contributed by atoms with Crippen molar-refractivity contribution >= 4 is 23.2 Å². The number of hydrogen-bond acceptors (Lipinski definition) is 1. The van der Waals surface area contributed by atoms with Gasteiger partial charge in [0.25, 0.3) is 0 Å². The molecule has 80 valence electrons. The smallest absolute Gasteiger partial charge is 0.141 e. The van der Waals surface area contributed by atoms with Crippen molar-refractivity contribution in [1.82, 2.24) is 0 Å². The van der Waals surface area contributed by atoms with E-state index in [9.17, 15) is 0 Å². The van der Waals surface area contributed by atoms with Gasteiger partial charge >= 0.3 is 0 Å². The molecule has 0 unspecified atom stereocenters. The van der Waals surface area contributed by atoms with Crippen LogP contribution in [0.2, 0.25) is 0 Å². The summed E-state index contributed by atoms with van der Waals surface area (Å²) in [4.78, 5) is 0. The Morgan fingerprint density at radius 1 is 0.750 bits per heavy atom. The van der Waals surface area contributed by atoms with Crippen LogP contribution in [0, 0.1) is 0 Å². The van der Waals surface area contributed by atoms with E-state index in [0.29, 0.717) is 0 Å². The normalized spacial score (nSPS) is 10.0. The third-order valence-corrected chi connectivity index (χ3v) is 2.55. The Bertz CT molecular complexity index is 584. The Kier molecular flexibility index (Phi) is 2.97. The van der Waals surface area contributed by atoms with Crippen molar-refractivity contribution in [2.45, 2.75) is 0 Å². The van der Waals surface area contributed by atoms with Crippen LogP contribution in [0.5, 0.6) is 0 Å². The summed E-state index contributed by atoms with van der Waals surface area (Å²) in [5.41, 5.74) is 1.12. The van der Waals surface area contributed by atoms with Gasteiger partial charge in [0.05, 0.1) is 6.26 Å². The first-order valence-corrected chi connectivity index (χ1v) is 4.97. The highest BCUT2D eigenvalue weighted by Crippen LogP contribution is 2.29. The molecule has 0 radical (unpaired) electrons. The lowest BCUT2D eigenvalue weighted by Crippen LogP contribution is -1.73. The standard InChI is InChI=1S/C14H10O.ClH/c1-2-6-11(7-3-1)14-13-9-5-4-8-12(13)10-15-14;/h1-10H;1H. The summed E-state index contributed by atoms with van der Waals surface area (Å²) >= 11 is 0. The molecule has 2 aromatic carbocycles. The zero-order chi connectivity index (χ0) is 10.1. The number of fused-ring (bicyclic) bond motifs is 1. The summed E-state index contributed by atoms with van der Waals surface area (Å²) in [6.07, 6.45) is 1.80. The first kappa shape index (κ1) is 10.8. The van der Waals surface area contributed by atoms with Crippen molar-refractivity contribution in [3.63, 3.8) is 0 Å². The molecule has 0 amide bonds. The Labute approximate surface area is 100 Å². The van der Waals surface area contributed by atoms with Crippen molar-refractivity contribution in [2.75, 3.05) is 0 Å². The Morgan fingerprint density at radius 3 is 2.25 bits per heavy atom. The molecule has 1 heterocycles. The SMILES string of the molecule is Cl.c1ccc(-c2occ3ccccc23)cc1. The molecule has 0 bridgehead atoms. The highest BCUT2D eigenvalue weighted by atomic mass is 35.5. The summed E-state index contributed by atoms with van der Waals surface area (Å²) in [6, 6.07) is 18.4. The highest BCUT2D eigenvalue weighted by molar-refractivity contribution is 5.93. The maximum Gasteiger partial charge on any atom is 0.141 e. The molecule has 0 aliphatic rings. The maximum atomic E-state index is 5.60. The predicted molar refractivity (Wildman–Crippen MR) is 68.9 cm³/mol. The fourth-order valence-electron chi connectivity index (χ4n) is 1.81. The van der Waals surface area contributed by atoms with Crippen LogP contribution < -0.4 is 0 Å². The molecule has 0 N–H and O–H groups in total. The van der Waals surface area contributed by atoms with E-state index in [1.807, 2.05) is 30.3 Å². The van der Waals surface area contributed by atoms with Gasteiger partial charge in [0.1, 0.15) is 5.76 Å². The van der Waals surface area contributed by atoms with Gasteiger partial charge in [-0.3, -0.25) is 0 Å². The summed E-state index contributed by atoms with van der Waals surface area (Å²) < 4.78 is 5.60. The fraction of sp³-hybridized carbons (Fsp3) is 0. The van der Waals surface area contributed by atoms with Gasteiger partial charge in [-0.1, -0.05) is 54.6 Å². The minimum Gasteiger partial charge on any atom is -0.463 e. The van der Waals surface area contributed by atoms with E-state index in [0.717, 1.165) is 16.7 Å². The number of halogens is 1. The lowest BCUT2D eigenvalue weighted by Gasteiger charge is -1.96. The number of furan rings is 1. The zero-order valence-corrected chi connectivity index (χ0v) is 9.41. The number of rotatable bonds is 1. The van der Waals surface area contributed by atoms with Crippen LogP contribution in [-0.2, 0) is 0 Å². The molecule has 16 heavy (non-hydrogen) atoms. The molecule has 3 rings (SSSR count). The largest absolute Gasteiger partial charge is 0.463 e. The van der Waals surface area contributed by atoms with Crippen LogP contribution in [0.1, 0.15) is 0 Å². The second kappa shape index (κ2) is 4.42. The Morgan fingerprint density at radius 2 is 1.44 bits per heavy atom. The lowest BCUT2D eigenvalue weighted by molar-refractivity contribution is 0.587. The minimum atomic E-state index is 0. The summed E-state index contributed by atoms with van der Waals surface area (Å²) in [6.45, 7) is 0. The first-order chi connectivity index (χ1) is 7.45. The second-order valence-electron chi connectivity index (χ2n) is 3.52. The third-order valence-electron chi connectivity index (χ3n) is 2.55. The number of hydrogen-bond donors (Lipinski definition) is 0. The van der Waals surface area contributed by atoms with E-state index in [2.05, 4.69) is 24.3 Å². The van der Waals surface area contributed by atoms with Crippen molar-refractivity contribution in [1.29, 1.82) is 0 Å². The molecule has 0 aliphatic carbocycles. The molecule has 1 nitrogen and oxygen atoms in total. The molecule has 1 aromatic heterocycles. The molecule has 0 aliphatic heterocycles. The van der Waals surface area contributed by atoms with Crippen molar-refractivity contribution in [3.8, 4) is 11.3 Å². The van der Waals surface area contributed by atoms with E-state index in [4.69, 9.17) is 4.42 Å². The van der Waals surface area contributed by atoms with E-state index in [-0.39, 0.29) is 12.4 Å². The van der Waals surface area contributed by atoms with Gasteiger partial charge in [-0.15, -0.1) is 12.4 Å². The van der Waals surface area contributed by atoms with E-state index < -0.39 is 0 Å². The number of benzene rings is 2. The summed E-state index contributed by atoms with van der Waals surface area (Å²) in [7, 11) is 0. The van der Waals surface area contributed by atoms with Crippen molar-refractivity contribution in [2.24, 2.45) is 0 Å². The van der Waals surface area contributed by atoms with E-state index >= 15 is 0 Å². The second-order valence-corrected chi connectivity index (χ2v) is 3.52. The molecular weight excluding hydrogens is 220 g/mol. The van der Waals surface area contributed by atoms with Gasteiger partial charge in [0.2, 0.25) is 0 Å². The Hall–Kier alpha value is -1.73. The molecule has 3 aromatic rings.